The summed E-state index contributed by atoms with van der Waals surface area (Å²) in [5.74, 6) is -0.155. The zero-order chi connectivity index (χ0) is 20.1. The van der Waals surface area contributed by atoms with Crippen LogP contribution in [0, 0.1) is 5.41 Å². The summed E-state index contributed by atoms with van der Waals surface area (Å²) in [6, 6.07) is 12.6. The molecule has 3 aromatic rings. The Morgan fingerprint density at radius 3 is 2.54 bits per heavy atom. The summed E-state index contributed by atoms with van der Waals surface area (Å²) in [6.45, 7) is 4.94. The van der Waals surface area contributed by atoms with Crippen LogP contribution in [0.4, 0.5) is 0 Å². The number of rotatable bonds is 6. The lowest BCUT2D eigenvalue weighted by Crippen LogP contribution is -2.27. The molecule has 0 spiro atoms. The topological polar surface area (TPSA) is 100 Å². The van der Waals surface area contributed by atoms with Crippen molar-refractivity contribution in [1.82, 2.24) is 20.2 Å². The minimum absolute atomic E-state index is 0.0283. The molecule has 0 amide bonds. The van der Waals surface area contributed by atoms with E-state index in [9.17, 15) is 9.59 Å². The first kappa shape index (κ1) is 19.2. The second kappa shape index (κ2) is 7.99. The molecule has 1 aromatic carbocycles. The largest absolute Gasteiger partial charge is 0.465 e. The van der Waals surface area contributed by atoms with Gasteiger partial charge < -0.3 is 9.15 Å². The molecule has 28 heavy (non-hydrogen) atoms. The second-order valence-corrected chi connectivity index (χ2v) is 7.07. The van der Waals surface area contributed by atoms with Crippen molar-refractivity contribution in [3.8, 4) is 11.4 Å². The van der Waals surface area contributed by atoms with Crippen molar-refractivity contribution in [2.75, 3.05) is 6.61 Å². The molecule has 0 saturated heterocycles. The average Bonchev–Trinajstić information content (AvgIpc) is 3.35. The lowest BCUT2D eigenvalue weighted by Gasteiger charge is -2.16. The van der Waals surface area contributed by atoms with Crippen molar-refractivity contribution in [3.05, 3.63) is 54.5 Å². The van der Waals surface area contributed by atoms with Gasteiger partial charge in [0.15, 0.2) is 23.9 Å². The van der Waals surface area contributed by atoms with Crippen LogP contribution in [-0.2, 0) is 14.3 Å². The second-order valence-electron chi connectivity index (χ2n) is 7.07. The molecule has 0 unspecified atom stereocenters. The van der Waals surface area contributed by atoms with Crippen LogP contribution >= 0.6 is 0 Å². The third-order valence-corrected chi connectivity index (χ3v) is 3.93. The van der Waals surface area contributed by atoms with Crippen LogP contribution in [0.25, 0.3) is 23.2 Å². The molecule has 0 saturated carbocycles. The van der Waals surface area contributed by atoms with Gasteiger partial charge in [-0.1, -0.05) is 51.1 Å². The van der Waals surface area contributed by atoms with Gasteiger partial charge in [-0.15, -0.1) is 5.10 Å². The van der Waals surface area contributed by atoms with Gasteiger partial charge in [-0.05, 0) is 22.6 Å². The number of ketones is 1. The third kappa shape index (κ3) is 4.40. The summed E-state index contributed by atoms with van der Waals surface area (Å²) < 4.78 is 11.8. The fourth-order valence-electron chi connectivity index (χ4n) is 2.25. The highest BCUT2D eigenvalue weighted by Gasteiger charge is 2.25. The minimum Gasteiger partial charge on any atom is -0.465 e. The normalized spacial score (nSPS) is 12.0. The van der Waals surface area contributed by atoms with Gasteiger partial charge in [0.2, 0.25) is 0 Å². The molecule has 8 nitrogen and oxygen atoms in total. The molecule has 2 aromatic heterocycles. The van der Waals surface area contributed by atoms with Gasteiger partial charge in [0, 0.05) is 17.1 Å². The van der Waals surface area contributed by atoms with Crippen LogP contribution in [0.3, 0.4) is 0 Å². The van der Waals surface area contributed by atoms with E-state index >= 15 is 0 Å². The van der Waals surface area contributed by atoms with Crippen molar-refractivity contribution in [2.24, 2.45) is 5.41 Å². The Kier molecular flexibility index (Phi) is 5.49. The molecule has 2 heterocycles. The summed E-state index contributed by atoms with van der Waals surface area (Å²) in [4.78, 5) is 24.9. The first-order valence-corrected chi connectivity index (χ1v) is 8.66. The van der Waals surface area contributed by atoms with E-state index in [0.717, 1.165) is 5.56 Å². The molecular weight excluding hydrogens is 360 g/mol. The van der Waals surface area contributed by atoms with Gasteiger partial charge >= 0.3 is 5.97 Å². The van der Waals surface area contributed by atoms with Crippen molar-refractivity contribution in [1.29, 1.82) is 0 Å². The molecule has 0 aliphatic carbocycles. The SMILES string of the molecule is CC(C)(C)C(=O)COC(=O)/C(=C/c1ccco1)n1nnnc1-c1ccccc1. The van der Waals surface area contributed by atoms with Crippen LogP contribution in [0.2, 0.25) is 0 Å². The van der Waals surface area contributed by atoms with Crippen molar-refractivity contribution >= 4 is 23.5 Å². The lowest BCUT2D eigenvalue weighted by molar-refractivity contribution is -0.145. The molecule has 0 N–H and O–H groups in total. The Balaban J connectivity index is 1.95. The van der Waals surface area contributed by atoms with Gasteiger partial charge in [-0.3, -0.25) is 4.79 Å². The van der Waals surface area contributed by atoms with E-state index in [4.69, 9.17) is 9.15 Å². The van der Waals surface area contributed by atoms with Crippen molar-refractivity contribution in [2.45, 2.75) is 20.8 Å². The van der Waals surface area contributed by atoms with E-state index < -0.39 is 11.4 Å². The Morgan fingerprint density at radius 1 is 1.14 bits per heavy atom. The molecular formula is C20H20N4O4. The highest BCUT2D eigenvalue weighted by Crippen LogP contribution is 2.22. The molecule has 144 valence electrons. The first-order valence-electron chi connectivity index (χ1n) is 8.66. The van der Waals surface area contributed by atoms with Gasteiger partial charge in [0.1, 0.15) is 5.76 Å². The maximum absolute atomic E-state index is 12.8. The number of hydrogen-bond acceptors (Lipinski definition) is 7. The van der Waals surface area contributed by atoms with Gasteiger partial charge in [-0.2, -0.15) is 4.68 Å². The number of hydrogen-bond donors (Lipinski definition) is 0. The average molecular weight is 380 g/mol. The zero-order valence-corrected chi connectivity index (χ0v) is 15.8. The number of furan rings is 1. The predicted octanol–water partition coefficient (Wildman–Crippen LogP) is 3.09. The Hall–Kier alpha value is -3.55. The number of nitrogens with zero attached hydrogens (tertiary/aromatic N) is 4. The number of esters is 1. The molecule has 0 atom stereocenters. The van der Waals surface area contributed by atoms with Crippen LogP contribution in [0.5, 0.6) is 0 Å². The van der Waals surface area contributed by atoms with Crippen molar-refractivity contribution < 1.29 is 18.7 Å². The van der Waals surface area contributed by atoms with E-state index in [1.807, 2.05) is 30.3 Å². The summed E-state index contributed by atoms with van der Waals surface area (Å²) in [5, 5.41) is 11.6. The van der Waals surface area contributed by atoms with Crippen LogP contribution in [0.1, 0.15) is 26.5 Å². The molecule has 0 radical (unpaired) electrons. The first-order chi connectivity index (χ1) is 13.4. The number of aromatic nitrogens is 4. The van der Waals surface area contributed by atoms with Gasteiger partial charge in [-0.25, -0.2) is 4.79 Å². The smallest absolute Gasteiger partial charge is 0.357 e. The number of tetrazole rings is 1. The van der Waals surface area contributed by atoms with Crippen molar-refractivity contribution in [3.63, 3.8) is 0 Å². The van der Waals surface area contributed by atoms with Crippen LogP contribution in [-0.4, -0.2) is 38.6 Å². The summed E-state index contributed by atoms with van der Waals surface area (Å²) in [6.07, 6.45) is 2.95. The molecule has 0 aliphatic rings. The molecule has 0 bridgehead atoms. The maximum atomic E-state index is 12.8. The summed E-state index contributed by atoms with van der Waals surface area (Å²) in [7, 11) is 0. The summed E-state index contributed by atoms with van der Waals surface area (Å²) >= 11 is 0. The van der Waals surface area contributed by atoms with Crippen LogP contribution in [0.15, 0.2) is 53.1 Å². The maximum Gasteiger partial charge on any atom is 0.357 e. The van der Waals surface area contributed by atoms with E-state index in [-0.39, 0.29) is 18.1 Å². The Morgan fingerprint density at radius 2 is 1.89 bits per heavy atom. The standard InChI is InChI=1S/C20H20N4O4/c1-20(2,3)17(25)13-28-19(26)16(12-15-10-7-11-27-15)24-18(21-22-23-24)14-8-5-4-6-9-14/h4-12H,13H2,1-3H3/b16-12-. The number of carbonyl (C=O) groups excluding carboxylic acids is 2. The number of ether oxygens (including phenoxy) is 1. The number of benzene rings is 1. The quantitative estimate of drug-likeness (QED) is 0.478. The van der Waals surface area contributed by atoms with E-state index in [2.05, 4.69) is 15.5 Å². The van der Waals surface area contributed by atoms with E-state index in [1.165, 1.54) is 17.0 Å². The highest BCUT2D eigenvalue weighted by atomic mass is 16.5. The molecule has 0 aliphatic heterocycles. The number of carbonyl (C=O) groups is 2. The Labute approximate surface area is 161 Å². The fraction of sp³-hybridized carbons (Fsp3) is 0.250. The van der Waals surface area contributed by atoms with E-state index in [0.29, 0.717) is 11.6 Å². The van der Waals surface area contributed by atoms with Crippen LogP contribution < -0.4 is 0 Å². The predicted molar refractivity (Wildman–Crippen MR) is 102 cm³/mol. The monoisotopic (exact) mass is 380 g/mol. The summed E-state index contributed by atoms with van der Waals surface area (Å²) in [5.41, 5.74) is 0.131. The van der Waals surface area contributed by atoms with Gasteiger partial charge in [0.05, 0.1) is 6.26 Å². The molecule has 0 fully saturated rings. The number of Topliss-reactive ketones (excluding diaryl/α,β-unsaturated/α-hetero) is 1. The third-order valence-electron chi connectivity index (χ3n) is 3.93. The lowest BCUT2D eigenvalue weighted by atomic mass is 9.91. The highest BCUT2D eigenvalue weighted by molar-refractivity contribution is 6.16. The molecule has 3 rings (SSSR count). The Bertz CT molecular complexity index is 983. The van der Waals surface area contributed by atoms with E-state index in [1.54, 1.807) is 32.9 Å². The zero-order valence-electron chi connectivity index (χ0n) is 15.8. The fourth-order valence-corrected chi connectivity index (χ4v) is 2.25. The molecule has 8 heteroatoms. The van der Waals surface area contributed by atoms with Gasteiger partial charge in [0.25, 0.3) is 0 Å². The minimum atomic E-state index is -0.738.